The van der Waals surface area contributed by atoms with Crippen molar-refractivity contribution >= 4 is 28.8 Å². The SMILES string of the molecule is CCOC(=O)Nc1nc2c(C)cc(C3=NNC(O)c4cc(F)c(F)cc43)cc2[nH]1. The molecule has 0 bridgehead atoms. The van der Waals surface area contributed by atoms with Crippen molar-refractivity contribution in [3.63, 3.8) is 0 Å². The van der Waals surface area contributed by atoms with Gasteiger partial charge in [0.15, 0.2) is 17.9 Å². The minimum Gasteiger partial charge on any atom is -0.450 e. The summed E-state index contributed by atoms with van der Waals surface area (Å²) in [5.41, 5.74) is 5.88. The van der Waals surface area contributed by atoms with Crippen LogP contribution in [0.4, 0.5) is 19.5 Å². The molecule has 1 atom stereocenters. The van der Waals surface area contributed by atoms with Gasteiger partial charge < -0.3 is 14.8 Å². The molecule has 0 radical (unpaired) electrons. The number of nitrogens with zero attached hydrogens (tertiary/aromatic N) is 2. The Kier molecular flexibility index (Phi) is 4.63. The number of aromatic amines is 1. The van der Waals surface area contributed by atoms with Crippen LogP contribution in [0.15, 0.2) is 29.4 Å². The molecule has 29 heavy (non-hydrogen) atoms. The summed E-state index contributed by atoms with van der Waals surface area (Å²) in [7, 11) is 0. The summed E-state index contributed by atoms with van der Waals surface area (Å²) in [6.45, 7) is 3.74. The minimum atomic E-state index is -1.25. The predicted molar refractivity (Wildman–Crippen MR) is 102 cm³/mol. The van der Waals surface area contributed by atoms with Crippen LogP contribution in [0.3, 0.4) is 0 Å². The van der Waals surface area contributed by atoms with Crippen LogP contribution in [0.25, 0.3) is 11.0 Å². The lowest BCUT2D eigenvalue weighted by atomic mass is 9.94. The van der Waals surface area contributed by atoms with Crippen LogP contribution in [0, 0.1) is 18.6 Å². The van der Waals surface area contributed by atoms with Gasteiger partial charge in [-0.1, -0.05) is 0 Å². The summed E-state index contributed by atoms with van der Waals surface area (Å²) in [5, 5.41) is 16.6. The zero-order valence-corrected chi connectivity index (χ0v) is 15.5. The molecule has 2 heterocycles. The summed E-state index contributed by atoms with van der Waals surface area (Å²) in [4.78, 5) is 18.9. The maximum Gasteiger partial charge on any atom is 0.413 e. The number of benzene rings is 2. The second-order valence-corrected chi connectivity index (χ2v) is 6.47. The molecule has 1 aromatic heterocycles. The molecule has 0 fully saturated rings. The zero-order valence-electron chi connectivity index (χ0n) is 15.5. The standard InChI is InChI=1S/C19H17F2N5O3/c1-3-29-19(28)24-18-22-14-5-9(4-8(2)15(14)23-18)16-10-6-12(20)13(21)7-11(10)17(27)26-25-16/h4-7,17,26-27H,3H2,1-2H3,(H2,22,23,24,28). The average molecular weight is 401 g/mol. The number of aliphatic hydroxyl groups is 1. The summed E-state index contributed by atoms with van der Waals surface area (Å²) in [6, 6.07) is 5.45. The fourth-order valence-electron chi connectivity index (χ4n) is 3.22. The molecule has 3 aromatic rings. The van der Waals surface area contributed by atoms with Gasteiger partial charge in [0, 0.05) is 16.7 Å². The van der Waals surface area contributed by atoms with Gasteiger partial charge in [-0.2, -0.15) is 5.10 Å². The highest BCUT2D eigenvalue weighted by atomic mass is 19.2. The zero-order chi connectivity index (χ0) is 20.7. The van der Waals surface area contributed by atoms with Gasteiger partial charge in [-0.15, -0.1) is 0 Å². The van der Waals surface area contributed by atoms with Gasteiger partial charge >= 0.3 is 6.09 Å². The van der Waals surface area contributed by atoms with Gasteiger partial charge in [-0.3, -0.25) is 10.7 Å². The molecule has 0 saturated carbocycles. The molecule has 1 amide bonds. The number of hydrogen-bond donors (Lipinski definition) is 4. The number of aromatic nitrogens is 2. The monoisotopic (exact) mass is 401 g/mol. The number of halogens is 2. The fourth-order valence-corrected chi connectivity index (χ4v) is 3.22. The Bertz CT molecular complexity index is 1160. The molecule has 0 spiro atoms. The van der Waals surface area contributed by atoms with E-state index in [0.29, 0.717) is 22.3 Å². The Labute approximate surface area is 163 Å². The number of aryl methyl sites for hydroxylation is 1. The number of hydrogen-bond acceptors (Lipinski definition) is 6. The maximum atomic E-state index is 13.8. The molecular formula is C19H17F2N5O3. The first-order chi connectivity index (χ1) is 13.9. The highest BCUT2D eigenvalue weighted by molar-refractivity contribution is 6.15. The molecule has 150 valence electrons. The molecule has 8 nitrogen and oxygen atoms in total. The van der Waals surface area contributed by atoms with Crippen molar-refractivity contribution in [2.24, 2.45) is 5.10 Å². The quantitative estimate of drug-likeness (QED) is 0.539. The molecule has 4 N–H and O–H groups in total. The van der Waals surface area contributed by atoms with Crippen molar-refractivity contribution in [2.75, 3.05) is 11.9 Å². The predicted octanol–water partition coefficient (Wildman–Crippen LogP) is 3.06. The van der Waals surface area contributed by atoms with Crippen molar-refractivity contribution < 1.29 is 23.4 Å². The Morgan fingerprint density at radius 1 is 1.28 bits per heavy atom. The first-order valence-electron chi connectivity index (χ1n) is 8.82. The fraction of sp³-hybridized carbons (Fsp3) is 0.211. The summed E-state index contributed by atoms with van der Waals surface area (Å²) >= 11 is 0. The number of H-pyrrole nitrogens is 1. The number of fused-ring (bicyclic) bond motifs is 2. The van der Waals surface area contributed by atoms with Crippen LogP contribution in [0.2, 0.25) is 0 Å². The van der Waals surface area contributed by atoms with E-state index >= 15 is 0 Å². The number of rotatable bonds is 3. The van der Waals surface area contributed by atoms with Gasteiger partial charge in [0.1, 0.15) is 0 Å². The van der Waals surface area contributed by atoms with E-state index in [2.05, 4.69) is 25.8 Å². The van der Waals surface area contributed by atoms with Crippen LogP contribution in [0.5, 0.6) is 0 Å². The summed E-state index contributed by atoms with van der Waals surface area (Å²) in [6.07, 6.45) is -1.88. The molecule has 1 unspecified atom stereocenters. The first kappa shape index (κ1) is 18.8. The van der Waals surface area contributed by atoms with E-state index in [4.69, 9.17) is 4.74 Å². The molecule has 0 aliphatic carbocycles. The molecule has 2 aromatic carbocycles. The van der Waals surface area contributed by atoms with E-state index in [-0.39, 0.29) is 23.7 Å². The molecule has 1 aliphatic heterocycles. The topological polar surface area (TPSA) is 112 Å². The maximum absolute atomic E-state index is 13.8. The lowest BCUT2D eigenvalue weighted by Gasteiger charge is -2.23. The number of amides is 1. The number of ether oxygens (including phenoxy) is 1. The van der Waals surface area contributed by atoms with E-state index in [9.17, 15) is 18.7 Å². The Hall–Kier alpha value is -3.53. The molecule has 1 aliphatic rings. The lowest BCUT2D eigenvalue weighted by Crippen LogP contribution is -2.27. The third kappa shape index (κ3) is 3.38. The third-order valence-corrected chi connectivity index (χ3v) is 4.49. The number of nitrogens with one attached hydrogen (secondary N) is 3. The first-order valence-corrected chi connectivity index (χ1v) is 8.82. The highest BCUT2D eigenvalue weighted by Gasteiger charge is 2.25. The number of imidazole rings is 1. The van der Waals surface area contributed by atoms with Gasteiger partial charge in [0.25, 0.3) is 0 Å². The number of carbonyl (C=O) groups excluding carboxylic acids is 1. The smallest absolute Gasteiger partial charge is 0.413 e. The van der Waals surface area contributed by atoms with Crippen LogP contribution in [-0.2, 0) is 4.74 Å². The van der Waals surface area contributed by atoms with Gasteiger partial charge in [-0.05, 0) is 43.7 Å². The average Bonchev–Trinajstić information content (AvgIpc) is 3.07. The van der Waals surface area contributed by atoms with Crippen molar-refractivity contribution in [1.82, 2.24) is 15.4 Å². The number of anilines is 1. The van der Waals surface area contributed by atoms with Gasteiger partial charge in [-0.25, -0.2) is 18.6 Å². The lowest BCUT2D eigenvalue weighted by molar-refractivity contribution is 0.138. The van der Waals surface area contributed by atoms with Crippen molar-refractivity contribution in [2.45, 2.75) is 20.1 Å². The second-order valence-electron chi connectivity index (χ2n) is 6.47. The normalized spacial score (nSPS) is 15.5. The van der Waals surface area contributed by atoms with E-state index in [0.717, 1.165) is 17.7 Å². The van der Waals surface area contributed by atoms with Crippen LogP contribution in [-0.4, -0.2) is 33.5 Å². The number of carbonyl (C=O) groups is 1. The van der Waals surface area contributed by atoms with Gasteiger partial charge in [0.2, 0.25) is 5.95 Å². The van der Waals surface area contributed by atoms with Crippen LogP contribution in [0.1, 0.15) is 35.4 Å². The minimum absolute atomic E-state index is 0.181. The van der Waals surface area contributed by atoms with Crippen LogP contribution >= 0.6 is 0 Å². The van der Waals surface area contributed by atoms with Crippen molar-refractivity contribution in [1.29, 1.82) is 0 Å². The second kappa shape index (κ2) is 7.13. The Morgan fingerprint density at radius 3 is 2.79 bits per heavy atom. The van der Waals surface area contributed by atoms with Gasteiger partial charge in [0.05, 0.1) is 23.4 Å². The largest absolute Gasteiger partial charge is 0.450 e. The van der Waals surface area contributed by atoms with Crippen molar-refractivity contribution in [3.8, 4) is 0 Å². The highest BCUT2D eigenvalue weighted by Crippen LogP contribution is 2.29. The van der Waals surface area contributed by atoms with E-state index < -0.39 is 24.0 Å². The van der Waals surface area contributed by atoms with E-state index in [1.807, 2.05) is 6.92 Å². The Morgan fingerprint density at radius 2 is 2.03 bits per heavy atom. The molecule has 0 saturated heterocycles. The third-order valence-electron chi connectivity index (χ3n) is 4.49. The van der Waals surface area contributed by atoms with E-state index in [1.54, 1.807) is 19.1 Å². The van der Waals surface area contributed by atoms with Crippen molar-refractivity contribution in [3.05, 3.63) is 58.2 Å². The summed E-state index contributed by atoms with van der Waals surface area (Å²) in [5.74, 6) is -1.88. The molecular weight excluding hydrogens is 384 g/mol. The van der Waals surface area contributed by atoms with Crippen LogP contribution < -0.4 is 10.7 Å². The Balaban J connectivity index is 1.77. The van der Waals surface area contributed by atoms with E-state index in [1.165, 1.54) is 0 Å². The molecule has 4 rings (SSSR count). The number of aliphatic hydroxyl groups excluding tert-OH is 1. The summed E-state index contributed by atoms with van der Waals surface area (Å²) < 4.78 is 32.3. The molecule has 10 heteroatoms. The number of hydrazone groups is 1.